The first-order valence-corrected chi connectivity index (χ1v) is 11.3. The number of carbonyl (C=O) groups excluding carboxylic acids is 1. The average Bonchev–Trinajstić information content (AvgIpc) is 2.77. The molecule has 0 heterocycles. The van der Waals surface area contributed by atoms with Gasteiger partial charge >= 0.3 is 0 Å². The fourth-order valence-electron chi connectivity index (χ4n) is 2.98. The number of para-hydroxylation sites is 1. The van der Waals surface area contributed by atoms with E-state index in [0.717, 1.165) is 5.56 Å². The molecule has 0 aromatic heterocycles. The summed E-state index contributed by atoms with van der Waals surface area (Å²) in [5, 5.41) is 0.329. The summed E-state index contributed by atoms with van der Waals surface area (Å²) in [7, 11) is -2.31. The Hall–Kier alpha value is -2.83. The average molecular weight is 443 g/mol. The topological polar surface area (TPSA) is 57.7 Å². The van der Waals surface area contributed by atoms with Crippen LogP contribution in [0.1, 0.15) is 22.8 Å². The monoisotopic (exact) mass is 442 g/mol. The van der Waals surface area contributed by atoms with Crippen LogP contribution in [-0.2, 0) is 16.6 Å². The molecule has 5 nitrogen and oxygen atoms in total. The lowest BCUT2D eigenvalue weighted by atomic mass is 10.2. The first kappa shape index (κ1) is 21.9. The molecule has 0 N–H and O–H groups in total. The van der Waals surface area contributed by atoms with Gasteiger partial charge in [0.2, 0.25) is 0 Å². The van der Waals surface area contributed by atoms with Crippen molar-refractivity contribution in [2.75, 3.05) is 17.9 Å². The van der Waals surface area contributed by atoms with Crippen molar-refractivity contribution in [2.24, 2.45) is 0 Å². The van der Waals surface area contributed by atoms with E-state index < -0.39 is 10.0 Å². The van der Waals surface area contributed by atoms with Crippen LogP contribution in [0.3, 0.4) is 0 Å². The van der Waals surface area contributed by atoms with Crippen molar-refractivity contribution >= 4 is 33.2 Å². The van der Waals surface area contributed by atoms with E-state index in [1.54, 1.807) is 43.4 Å². The fourth-order valence-corrected chi connectivity index (χ4v) is 4.79. The van der Waals surface area contributed by atoms with Crippen LogP contribution in [0.15, 0.2) is 83.8 Å². The summed E-state index contributed by atoms with van der Waals surface area (Å²) in [6.07, 6.45) is 0. The van der Waals surface area contributed by atoms with Gasteiger partial charge in [0.25, 0.3) is 15.9 Å². The maximum Gasteiger partial charge on any atom is 0.264 e. The van der Waals surface area contributed by atoms with Gasteiger partial charge in [0.15, 0.2) is 0 Å². The zero-order valence-corrected chi connectivity index (χ0v) is 18.4. The molecule has 0 bridgehead atoms. The lowest BCUT2D eigenvalue weighted by Crippen LogP contribution is -2.31. The van der Waals surface area contributed by atoms with Crippen LogP contribution in [0.4, 0.5) is 5.69 Å². The zero-order valence-electron chi connectivity index (χ0n) is 16.8. The normalized spacial score (nSPS) is 11.2. The molecule has 3 aromatic rings. The second-order valence-corrected chi connectivity index (χ2v) is 9.07. The van der Waals surface area contributed by atoms with E-state index in [9.17, 15) is 13.2 Å². The molecule has 1 amide bonds. The third-order valence-corrected chi connectivity index (χ3v) is 6.86. The highest BCUT2D eigenvalue weighted by Crippen LogP contribution is 2.32. The van der Waals surface area contributed by atoms with Gasteiger partial charge < -0.3 is 4.90 Å². The van der Waals surface area contributed by atoms with Gasteiger partial charge in [-0.2, -0.15) is 0 Å². The largest absolute Gasteiger partial charge is 0.342 e. The van der Waals surface area contributed by atoms with Crippen molar-refractivity contribution in [3.05, 3.63) is 95.0 Å². The van der Waals surface area contributed by atoms with Crippen LogP contribution in [0, 0.1) is 0 Å². The molecule has 0 saturated carbocycles. The number of halogens is 1. The van der Waals surface area contributed by atoms with Crippen molar-refractivity contribution in [1.82, 2.24) is 4.90 Å². The summed E-state index contributed by atoms with van der Waals surface area (Å²) < 4.78 is 28.6. The minimum absolute atomic E-state index is 0.0358. The van der Waals surface area contributed by atoms with Crippen molar-refractivity contribution in [2.45, 2.75) is 18.4 Å². The van der Waals surface area contributed by atoms with E-state index in [-0.39, 0.29) is 17.3 Å². The number of sulfonamides is 1. The quantitative estimate of drug-likeness (QED) is 0.526. The second kappa shape index (κ2) is 9.32. The Bertz CT molecular complexity index is 1130. The molecule has 0 fully saturated rings. The van der Waals surface area contributed by atoms with Gasteiger partial charge in [0, 0.05) is 19.2 Å². The summed E-state index contributed by atoms with van der Waals surface area (Å²) in [6, 6.07) is 22.2. The Labute approximate surface area is 182 Å². The van der Waals surface area contributed by atoms with Crippen LogP contribution in [-0.4, -0.2) is 32.8 Å². The number of benzene rings is 3. The van der Waals surface area contributed by atoms with E-state index in [0.29, 0.717) is 22.8 Å². The van der Waals surface area contributed by atoms with E-state index in [2.05, 4.69) is 0 Å². The number of amides is 1. The highest BCUT2D eigenvalue weighted by Gasteiger charge is 2.27. The molecular formula is C23H23ClN2O3S. The molecule has 0 atom stereocenters. The molecule has 0 aliphatic rings. The van der Waals surface area contributed by atoms with Gasteiger partial charge in [-0.15, -0.1) is 0 Å². The molecule has 0 aliphatic carbocycles. The Kier molecular flexibility index (Phi) is 6.80. The lowest BCUT2D eigenvalue weighted by molar-refractivity contribution is 0.0802. The molecule has 3 aromatic carbocycles. The van der Waals surface area contributed by atoms with E-state index >= 15 is 0 Å². The van der Waals surface area contributed by atoms with Gasteiger partial charge in [0.1, 0.15) is 0 Å². The standard InChI is InChI=1S/C23H23ClN2O3S/c1-3-25(2)23(27)19-12-9-13-20(16-19)30(28,29)26(17-18-10-5-4-6-11-18)22-15-8-7-14-21(22)24/h4-16H,3,17H2,1-2H3. The summed E-state index contributed by atoms with van der Waals surface area (Å²) in [5.41, 5.74) is 1.52. The van der Waals surface area contributed by atoms with E-state index in [1.807, 2.05) is 37.3 Å². The molecule has 0 aliphatic heterocycles. The van der Waals surface area contributed by atoms with Crippen molar-refractivity contribution in [3.8, 4) is 0 Å². The number of hydrogen-bond acceptors (Lipinski definition) is 3. The summed E-state index contributed by atoms with van der Waals surface area (Å²) in [6.45, 7) is 2.49. The number of carbonyl (C=O) groups is 1. The van der Waals surface area contributed by atoms with Crippen molar-refractivity contribution in [3.63, 3.8) is 0 Å². The number of hydrogen-bond donors (Lipinski definition) is 0. The second-order valence-electron chi connectivity index (χ2n) is 6.80. The molecular weight excluding hydrogens is 420 g/mol. The van der Waals surface area contributed by atoms with Gasteiger partial charge in [-0.05, 0) is 42.8 Å². The van der Waals surface area contributed by atoms with Crippen molar-refractivity contribution < 1.29 is 13.2 Å². The minimum Gasteiger partial charge on any atom is -0.342 e. The van der Waals surface area contributed by atoms with Crippen LogP contribution in [0.25, 0.3) is 0 Å². The Morgan fingerprint density at radius 2 is 1.60 bits per heavy atom. The van der Waals surface area contributed by atoms with Crippen LogP contribution in [0.5, 0.6) is 0 Å². The maximum absolute atomic E-state index is 13.6. The molecule has 3 rings (SSSR count). The number of anilines is 1. The highest BCUT2D eigenvalue weighted by atomic mass is 35.5. The molecule has 0 radical (unpaired) electrons. The highest BCUT2D eigenvalue weighted by molar-refractivity contribution is 7.92. The zero-order chi connectivity index (χ0) is 21.7. The first-order valence-electron chi connectivity index (χ1n) is 9.51. The molecule has 0 saturated heterocycles. The Morgan fingerprint density at radius 1 is 0.933 bits per heavy atom. The van der Waals surface area contributed by atoms with Crippen LogP contribution >= 0.6 is 11.6 Å². The molecule has 0 unspecified atom stereocenters. The number of nitrogens with zero attached hydrogens (tertiary/aromatic N) is 2. The predicted molar refractivity (Wildman–Crippen MR) is 120 cm³/mol. The van der Waals surface area contributed by atoms with Gasteiger partial charge in [-0.1, -0.05) is 60.1 Å². The molecule has 0 spiro atoms. The van der Waals surface area contributed by atoms with Crippen molar-refractivity contribution in [1.29, 1.82) is 0 Å². The van der Waals surface area contributed by atoms with Crippen LogP contribution < -0.4 is 4.31 Å². The Balaban J connectivity index is 2.09. The molecule has 7 heteroatoms. The SMILES string of the molecule is CCN(C)C(=O)c1cccc(S(=O)(=O)N(Cc2ccccc2)c2ccccc2Cl)c1. The fraction of sp³-hybridized carbons (Fsp3) is 0.174. The van der Waals surface area contributed by atoms with Gasteiger partial charge in [0.05, 0.1) is 22.2 Å². The lowest BCUT2D eigenvalue weighted by Gasteiger charge is -2.26. The predicted octanol–water partition coefficient (Wildman–Crippen LogP) is 4.83. The third-order valence-electron chi connectivity index (χ3n) is 4.78. The smallest absolute Gasteiger partial charge is 0.264 e. The summed E-state index contributed by atoms with van der Waals surface area (Å²) >= 11 is 6.35. The maximum atomic E-state index is 13.6. The van der Waals surface area contributed by atoms with Gasteiger partial charge in [-0.25, -0.2) is 8.42 Å². The Morgan fingerprint density at radius 3 is 2.27 bits per heavy atom. The minimum atomic E-state index is -3.99. The van der Waals surface area contributed by atoms with Gasteiger partial charge in [-0.3, -0.25) is 9.10 Å². The third kappa shape index (κ3) is 4.66. The first-order chi connectivity index (χ1) is 14.3. The summed E-state index contributed by atoms with van der Waals surface area (Å²) in [4.78, 5) is 14.1. The summed E-state index contributed by atoms with van der Waals surface area (Å²) in [5.74, 6) is -0.234. The molecule has 30 heavy (non-hydrogen) atoms. The number of rotatable bonds is 7. The van der Waals surface area contributed by atoms with E-state index in [1.165, 1.54) is 21.3 Å². The molecule has 156 valence electrons. The van der Waals surface area contributed by atoms with Crippen LogP contribution in [0.2, 0.25) is 5.02 Å². The van der Waals surface area contributed by atoms with E-state index in [4.69, 9.17) is 11.6 Å².